The Morgan fingerprint density at radius 2 is 2.38 bits per heavy atom. The molecule has 0 aromatic heterocycles. The fourth-order valence-corrected chi connectivity index (χ4v) is 0.922. The minimum Gasteiger partial charge on any atom is -0.477 e. The van der Waals surface area contributed by atoms with E-state index in [0.29, 0.717) is 12.2 Å². The lowest BCUT2D eigenvalue weighted by molar-refractivity contribution is 0.287. The van der Waals surface area contributed by atoms with E-state index in [1.165, 1.54) is 0 Å². The Morgan fingerprint density at radius 3 is 3.00 bits per heavy atom. The van der Waals surface area contributed by atoms with Crippen molar-refractivity contribution in [3.8, 4) is 6.07 Å². The van der Waals surface area contributed by atoms with E-state index in [9.17, 15) is 0 Å². The third-order valence-electron chi connectivity index (χ3n) is 1.51. The molecule has 0 aliphatic heterocycles. The summed E-state index contributed by atoms with van der Waals surface area (Å²) >= 11 is 0. The number of ether oxygens (including phenoxy) is 1. The zero-order valence-electron chi connectivity index (χ0n) is 7.37. The van der Waals surface area contributed by atoms with E-state index < -0.39 is 0 Å². The molecular formula is C10H10N2O. The standard InChI is InChI=1S/C10H10N2O/c1-8(12)13-7-10-4-2-3-9(5-10)6-11/h2-5,12H,7H2,1H3. The minimum absolute atomic E-state index is 0.183. The van der Waals surface area contributed by atoms with Crippen molar-refractivity contribution in [2.24, 2.45) is 0 Å². The van der Waals surface area contributed by atoms with Crippen LogP contribution in [0.5, 0.6) is 0 Å². The summed E-state index contributed by atoms with van der Waals surface area (Å²) in [6.45, 7) is 1.93. The van der Waals surface area contributed by atoms with E-state index in [4.69, 9.17) is 15.4 Å². The predicted molar refractivity (Wildman–Crippen MR) is 49.3 cm³/mol. The van der Waals surface area contributed by atoms with E-state index in [2.05, 4.69) is 0 Å². The summed E-state index contributed by atoms with van der Waals surface area (Å²) in [5, 5.41) is 15.7. The van der Waals surface area contributed by atoms with E-state index in [1.54, 1.807) is 25.1 Å². The average Bonchev–Trinajstić information content (AvgIpc) is 2.15. The first kappa shape index (κ1) is 9.27. The van der Waals surface area contributed by atoms with Gasteiger partial charge in [0, 0.05) is 6.92 Å². The molecule has 0 radical (unpaired) electrons. The Balaban J connectivity index is 2.68. The predicted octanol–water partition coefficient (Wildman–Crippen LogP) is 2.07. The average molecular weight is 174 g/mol. The molecule has 0 saturated carbocycles. The van der Waals surface area contributed by atoms with Crippen molar-refractivity contribution in [3.05, 3.63) is 35.4 Å². The highest BCUT2D eigenvalue weighted by atomic mass is 16.5. The molecule has 0 heterocycles. The molecule has 3 heteroatoms. The summed E-state index contributed by atoms with van der Waals surface area (Å²) < 4.78 is 5.00. The van der Waals surface area contributed by atoms with Crippen LogP contribution >= 0.6 is 0 Å². The third-order valence-corrected chi connectivity index (χ3v) is 1.51. The van der Waals surface area contributed by atoms with Crippen LogP contribution in [0.25, 0.3) is 0 Å². The molecule has 3 nitrogen and oxygen atoms in total. The Kier molecular flexibility index (Phi) is 3.04. The molecule has 0 amide bonds. The third kappa shape index (κ3) is 2.96. The molecule has 0 saturated heterocycles. The van der Waals surface area contributed by atoms with Crippen molar-refractivity contribution < 1.29 is 4.74 Å². The number of benzene rings is 1. The summed E-state index contributed by atoms with van der Waals surface area (Å²) in [6.07, 6.45) is 0. The second kappa shape index (κ2) is 4.27. The van der Waals surface area contributed by atoms with Gasteiger partial charge in [0.2, 0.25) is 0 Å². The number of nitrogens with zero attached hydrogens (tertiary/aromatic N) is 1. The van der Waals surface area contributed by atoms with Crippen LogP contribution in [0.15, 0.2) is 24.3 Å². The molecule has 0 spiro atoms. The maximum atomic E-state index is 8.61. The van der Waals surface area contributed by atoms with Gasteiger partial charge in [-0.1, -0.05) is 12.1 Å². The van der Waals surface area contributed by atoms with E-state index in [1.807, 2.05) is 12.1 Å². The molecule has 1 aromatic rings. The first-order valence-corrected chi connectivity index (χ1v) is 3.89. The topological polar surface area (TPSA) is 56.9 Å². The molecule has 66 valence electrons. The normalized spacial score (nSPS) is 8.92. The van der Waals surface area contributed by atoms with Gasteiger partial charge in [0.05, 0.1) is 11.6 Å². The number of nitriles is 1. The van der Waals surface area contributed by atoms with Crippen molar-refractivity contribution in [3.63, 3.8) is 0 Å². The van der Waals surface area contributed by atoms with Gasteiger partial charge in [-0.15, -0.1) is 0 Å². The largest absolute Gasteiger partial charge is 0.477 e. The van der Waals surface area contributed by atoms with Gasteiger partial charge in [0.1, 0.15) is 6.61 Å². The lowest BCUT2D eigenvalue weighted by atomic mass is 10.1. The molecule has 1 aromatic carbocycles. The lowest BCUT2D eigenvalue weighted by Crippen LogP contribution is -1.97. The van der Waals surface area contributed by atoms with Crippen LogP contribution < -0.4 is 0 Å². The molecule has 0 atom stereocenters. The SMILES string of the molecule is CC(=N)OCc1cccc(C#N)c1. The highest BCUT2D eigenvalue weighted by Gasteiger charge is 1.95. The first-order chi connectivity index (χ1) is 6.22. The fourth-order valence-electron chi connectivity index (χ4n) is 0.922. The Bertz CT molecular complexity index is 352. The van der Waals surface area contributed by atoms with Gasteiger partial charge in [-0.25, -0.2) is 0 Å². The summed E-state index contributed by atoms with van der Waals surface area (Å²) in [5.41, 5.74) is 1.52. The monoisotopic (exact) mass is 174 g/mol. The van der Waals surface area contributed by atoms with Crippen LogP contribution in [0.3, 0.4) is 0 Å². The zero-order chi connectivity index (χ0) is 9.68. The molecule has 1 N–H and O–H groups in total. The van der Waals surface area contributed by atoms with Gasteiger partial charge in [0.25, 0.3) is 0 Å². The lowest BCUT2D eigenvalue weighted by Gasteiger charge is -2.03. The van der Waals surface area contributed by atoms with Gasteiger partial charge >= 0.3 is 0 Å². The molecule has 0 aliphatic carbocycles. The minimum atomic E-state index is 0.183. The van der Waals surface area contributed by atoms with Gasteiger partial charge in [-0.2, -0.15) is 5.26 Å². The molecular weight excluding hydrogens is 164 g/mol. The summed E-state index contributed by atoms with van der Waals surface area (Å²) in [6, 6.07) is 9.20. The van der Waals surface area contributed by atoms with Crippen LogP contribution in [0, 0.1) is 16.7 Å². The van der Waals surface area contributed by atoms with E-state index >= 15 is 0 Å². The zero-order valence-corrected chi connectivity index (χ0v) is 7.37. The highest BCUT2D eigenvalue weighted by molar-refractivity contribution is 5.69. The quantitative estimate of drug-likeness (QED) is 0.551. The maximum absolute atomic E-state index is 8.61. The van der Waals surface area contributed by atoms with Crippen LogP contribution in [-0.2, 0) is 11.3 Å². The molecule has 0 aliphatic rings. The highest BCUT2D eigenvalue weighted by Crippen LogP contribution is 2.05. The molecule has 0 fully saturated rings. The molecule has 13 heavy (non-hydrogen) atoms. The Labute approximate surface area is 77.1 Å². The summed E-state index contributed by atoms with van der Waals surface area (Å²) in [5.74, 6) is 0.183. The van der Waals surface area contributed by atoms with Gasteiger partial charge in [-0.3, -0.25) is 5.41 Å². The second-order valence-electron chi connectivity index (χ2n) is 2.66. The first-order valence-electron chi connectivity index (χ1n) is 3.89. The number of rotatable bonds is 2. The summed E-state index contributed by atoms with van der Waals surface area (Å²) in [4.78, 5) is 0. The van der Waals surface area contributed by atoms with Gasteiger partial charge < -0.3 is 4.74 Å². The van der Waals surface area contributed by atoms with Crippen molar-refractivity contribution in [1.29, 1.82) is 10.7 Å². The molecule has 1 rings (SSSR count). The Morgan fingerprint density at radius 1 is 1.62 bits per heavy atom. The molecule has 0 unspecified atom stereocenters. The van der Waals surface area contributed by atoms with E-state index in [-0.39, 0.29) is 5.90 Å². The maximum Gasteiger partial charge on any atom is 0.177 e. The second-order valence-corrected chi connectivity index (χ2v) is 2.66. The number of hydrogen-bond donors (Lipinski definition) is 1. The fraction of sp³-hybridized carbons (Fsp3) is 0.200. The van der Waals surface area contributed by atoms with E-state index in [0.717, 1.165) is 5.56 Å². The van der Waals surface area contributed by atoms with Crippen molar-refractivity contribution in [2.45, 2.75) is 13.5 Å². The van der Waals surface area contributed by atoms with Crippen LogP contribution in [-0.4, -0.2) is 5.90 Å². The van der Waals surface area contributed by atoms with Crippen molar-refractivity contribution >= 4 is 5.90 Å². The van der Waals surface area contributed by atoms with Gasteiger partial charge in [0.15, 0.2) is 5.90 Å². The Hall–Kier alpha value is -1.82. The smallest absolute Gasteiger partial charge is 0.177 e. The number of hydrogen-bond acceptors (Lipinski definition) is 3. The number of nitrogens with one attached hydrogen (secondary N) is 1. The van der Waals surface area contributed by atoms with Crippen LogP contribution in [0.4, 0.5) is 0 Å². The molecule has 0 bridgehead atoms. The van der Waals surface area contributed by atoms with Crippen LogP contribution in [0.2, 0.25) is 0 Å². The van der Waals surface area contributed by atoms with Crippen molar-refractivity contribution in [2.75, 3.05) is 0 Å². The summed E-state index contributed by atoms with van der Waals surface area (Å²) in [7, 11) is 0. The van der Waals surface area contributed by atoms with Crippen molar-refractivity contribution in [1.82, 2.24) is 0 Å². The van der Waals surface area contributed by atoms with Crippen LogP contribution in [0.1, 0.15) is 18.1 Å². The van der Waals surface area contributed by atoms with Gasteiger partial charge in [-0.05, 0) is 17.7 Å².